The Bertz CT molecular complexity index is 289. The molecule has 1 saturated heterocycles. The lowest BCUT2D eigenvalue weighted by Crippen LogP contribution is -2.47. The van der Waals surface area contributed by atoms with Crippen molar-refractivity contribution in [2.45, 2.75) is 46.1 Å². The van der Waals surface area contributed by atoms with Crippen molar-refractivity contribution in [2.75, 3.05) is 13.1 Å². The first-order valence-corrected chi connectivity index (χ1v) is 6.03. The van der Waals surface area contributed by atoms with Crippen LogP contribution in [0.5, 0.6) is 0 Å². The number of esters is 1. The first-order chi connectivity index (χ1) is 7.78. The lowest BCUT2D eigenvalue weighted by Gasteiger charge is -2.32. The Morgan fingerprint density at radius 1 is 1.24 bits per heavy atom. The number of rotatable bonds is 2. The van der Waals surface area contributed by atoms with Crippen molar-refractivity contribution in [3.8, 4) is 0 Å². The lowest BCUT2D eigenvalue weighted by atomic mass is 9.97. The van der Waals surface area contributed by atoms with E-state index in [9.17, 15) is 9.59 Å². The molecule has 1 fully saturated rings. The highest BCUT2D eigenvalue weighted by molar-refractivity contribution is 5.73. The van der Waals surface area contributed by atoms with E-state index in [-0.39, 0.29) is 17.8 Å². The van der Waals surface area contributed by atoms with Crippen molar-refractivity contribution >= 4 is 11.9 Å². The number of carbonyl (C=O) groups is 2. The van der Waals surface area contributed by atoms with Gasteiger partial charge in [-0.1, -0.05) is 0 Å². The Labute approximate surface area is 102 Å². The molecule has 0 saturated carbocycles. The molecule has 1 rings (SSSR count). The minimum Gasteiger partial charge on any atom is -0.460 e. The number of piperidine rings is 1. The summed E-state index contributed by atoms with van der Waals surface area (Å²) in [6.45, 7) is 8.50. The number of hydrogen-bond donors (Lipinski definition) is 1. The largest absolute Gasteiger partial charge is 0.460 e. The lowest BCUT2D eigenvalue weighted by molar-refractivity contribution is -0.161. The summed E-state index contributed by atoms with van der Waals surface area (Å²) >= 11 is 0. The summed E-state index contributed by atoms with van der Waals surface area (Å²) < 4.78 is 5.35. The topological polar surface area (TPSA) is 58.6 Å². The second-order valence-corrected chi connectivity index (χ2v) is 5.46. The van der Waals surface area contributed by atoms with E-state index in [2.05, 4.69) is 5.43 Å². The van der Waals surface area contributed by atoms with E-state index in [4.69, 9.17) is 4.74 Å². The second kappa shape index (κ2) is 5.49. The van der Waals surface area contributed by atoms with Gasteiger partial charge in [0.25, 0.3) is 0 Å². The SMILES string of the molecule is CC(=O)NN1CCC(C(=O)OC(C)(C)C)CC1. The van der Waals surface area contributed by atoms with Crippen LogP contribution < -0.4 is 5.43 Å². The summed E-state index contributed by atoms with van der Waals surface area (Å²) in [4.78, 5) is 22.7. The molecule has 0 aromatic heterocycles. The summed E-state index contributed by atoms with van der Waals surface area (Å²) in [5.41, 5.74) is 2.31. The molecule has 1 aliphatic rings. The standard InChI is InChI=1S/C12H22N2O3/c1-9(15)13-14-7-5-10(6-8-14)11(16)17-12(2,3)4/h10H,5-8H2,1-4H3,(H,13,15). The van der Waals surface area contributed by atoms with Gasteiger partial charge in [-0.05, 0) is 33.6 Å². The van der Waals surface area contributed by atoms with Gasteiger partial charge in [0.05, 0.1) is 5.92 Å². The zero-order chi connectivity index (χ0) is 13.1. The van der Waals surface area contributed by atoms with Crippen molar-refractivity contribution in [1.29, 1.82) is 0 Å². The smallest absolute Gasteiger partial charge is 0.309 e. The van der Waals surface area contributed by atoms with Crippen LogP contribution >= 0.6 is 0 Å². The van der Waals surface area contributed by atoms with E-state index in [1.807, 2.05) is 25.8 Å². The Morgan fingerprint density at radius 3 is 2.18 bits per heavy atom. The van der Waals surface area contributed by atoms with Crippen LogP contribution in [0.4, 0.5) is 0 Å². The van der Waals surface area contributed by atoms with Crippen LogP contribution in [0.1, 0.15) is 40.5 Å². The zero-order valence-electron chi connectivity index (χ0n) is 11.1. The Hall–Kier alpha value is -1.10. The fraction of sp³-hybridized carbons (Fsp3) is 0.833. The maximum Gasteiger partial charge on any atom is 0.309 e. The van der Waals surface area contributed by atoms with E-state index in [1.54, 1.807) is 0 Å². The molecule has 0 bridgehead atoms. The number of amides is 1. The zero-order valence-corrected chi connectivity index (χ0v) is 11.1. The predicted octanol–water partition coefficient (Wildman–Crippen LogP) is 1.09. The summed E-state index contributed by atoms with van der Waals surface area (Å²) in [6, 6.07) is 0. The van der Waals surface area contributed by atoms with Crippen molar-refractivity contribution in [1.82, 2.24) is 10.4 Å². The third-order valence-electron chi connectivity index (χ3n) is 2.55. The summed E-state index contributed by atoms with van der Waals surface area (Å²) in [6.07, 6.45) is 1.46. The minimum absolute atomic E-state index is 0.0424. The number of nitrogens with one attached hydrogen (secondary N) is 1. The number of carbonyl (C=O) groups excluding carboxylic acids is 2. The van der Waals surface area contributed by atoms with E-state index in [1.165, 1.54) is 6.92 Å². The quantitative estimate of drug-likeness (QED) is 0.736. The molecule has 0 spiro atoms. The Kier molecular flexibility index (Phi) is 4.51. The van der Waals surface area contributed by atoms with Gasteiger partial charge in [-0.2, -0.15) is 0 Å². The molecular weight excluding hydrogens is 220 g/mol. The third kappa shape index (κ3) is 5.17. The van der Waals surface area contributed by atoms with Crippen molar-refractivity contribution in [3.63, 3.8) is 0 Å². The second-order valence-electron chi connectivity index (χ2n) is 5.46. The molecule has 0 radical (unpaired) electrons. The molecule has 17 heavy (non-hydrogen) atoms. The summed E-state index contributed by atoms with van der Waals surface area (Å²) in [7, 11) is 0. The fourth-order valence-corrected chi connectivity index (χ4v) is 1.83. The van der Waals surface area contributed by atoms with Gasteiger partial charge >= 0.3 is 5.97 Å². The van der Waals surface area contributed by atoms with E-state index in [0.717, 1.165) is 12.8 Å². The maximum atomic E-state index is 11.8. The molecule has 0 atom stereocenters. The average Bonchev–Trinajstić information content (AvgIpc) is 2.15. The maximum absolute atomic E-state index is 11.8. The normalized spacial score (nSPS) is 18.8. The van der Waals surface area contributed by atoms with E-state index < -0.39 is 5.60 Å². The number of hydrogen-bond acceptors (Lipinski definition) is 4. The highest BCUT2D eigenvalue weighted by Gasteiger charge is 2.29. The van der Waals surface area contributed by atoms with E-state index in [0.29, 0.717) is 13.1 Å². The molecule has 0 unspecified atom stereocenters. The fourth-order valence-electron chi connectivity index (χ4n) is 1.83. The van der Waals surface area contributed by atoms with Gasteiger partial charge < -0.3 is 4.74 Å². The highest BCUT2D eigenvalue weighted by Crippen LogP contribution is 2.20. The molecular formula is C12H22N2O3. The number of ether oxygens (including phenoxy) is 1. The van der Waals surface area contributed by atoms with Crippen LogP contribution in [-0.4, -0.2) is 35.6 Å². The van der Waals surface area contributed by atoms with E-state index >= 15 is 0 Å². The monoisotopic (exact) mass is 242 g/mol. The van der Waals surface area contributed by atoms with Gasteiger partial charge in [-0.15, -0.1) is 0 Å². The third-order valence-corrected chi connectivity index (χ3v) is 2.55. The molecule has 98 valence electrons. The Morgan fingerprint density at radius 2 is 1.76 bits per heavy atom. The molecule has 1 aliphatic heterocycles. The molecule has 5 nitrogen and oxygen atoms in total. The van der Waals surface area contributed by atoms with Crippen LogP contribution in [0.3, 0.4) is 0 Å². The van der Waals surface area contributed by atoms with Crippen molar-refractivity contribution in [2.24, 2.45) is 5.92 Å². The van der Waals surface area contributed by atoms with Gasteiger partial charge in [0, 0.05) is 20.0 Å². The van der Waals surface area contributed by atoms with Crippen LogP contribution in [0.15, 0.2) is 0 Å². The van der Waals surface area contributed by atoms with Gasteiger partial charge in [-0.25, -0.2) is 5.01 Å². The highest BCUT2D eigenvalue weighted by atomic mass is 16.6. The average molecular weight is 242 g/mol. The van der Waals surface area contributed by atoms with Gasteiger partial charge in [-0.3, -0.25) is 15.0 Å². The van der Waals surface area contributed by atoms with Crippen molar-refractivity contribution < 1.29 is 14.3 Å². The molecule has 0 aliphatic carbocycles. The van der Waals surface area contributed by atoms with Crippen LogP contribution in [0, 0.1) is 5.92 Å². The van der Waals surface area contributed by atoms with Crippen molar-refractivity contribution in [3.05, 3.63) is 0 Å². The molecule has 0 aromatic carbocycles. The van der Waals surface area contributed by atoms with Crippen LogP contribution in [-0.2, 0) is 14.3 Å². The molecule has 1 amide bonds. The summed E-state index contributed by atoms with van der Waals surface area (Å²) in [5.74, 6) is -0.236. The number of nitrogens with zero attached hydrogens (tertiary/aromatic N) is 1. The molecule has 5 heteroatoms. The molecule has 1 heterocycles. The van der Waals surface area contributed by atoms with Gasteiger partial charge in [0.1, 0.15) is 5.60 Å². The molecule has 1 N–H and O–H groups in total. The first-order valence-electron chi connectivity index (χ1n) is 6.03. The number of hydrazine groups is 1. The predicted molar refractivity (Wildman–Crippen MR) is 64.0 cm³/mol. The molecule has 0 aromatic rings. The van der Waals surface area contributed by atoms with Crippen LogP contribution in [0.25, 0.3) is 0 Å². The van der Waals surface area contributed by atoms with Gasteiger partial charge in [0.2, 0.25) is 5.91 Å². The minimum atomic E-state index is -0.425. The van der Waals surface area contributed by atoms with Crippen LogP contribution in [0.2, 0.25) is 0 Å². The Balaban J connectivity index is 2.36. The summed E-state index contributed by atoms with van der Waals surface area (Å²) in [5, 5.41) is 1.85. The first kappa shape index (κ1) is 14.0. The van der Waals surface area contributed by atoms with Gasteiger partial charge in [0.15, 0.2) is 0 Å².